The van der Waals surface area contributed by atoms with Crippen molar-refractivity contribution in [2.24, 2.45) is 9.68 Å². The SMILES string of the molecule is N[I-]CCCc1nnc(SCC(N)=O)o1. The van der Waals surface area contributed by atoms with Crippen LogP contribution in [-0.2, 0) is 11.2 Å². The minimum atomic E-state index is -0.396. The van der Waals surface area contributed by atoms with E-state index in [9.17, 15) is 4.79 Å². The number of aryl methyl sites for hydroxylation is 1. The number of carbonyl (C=O) groups excluding carboxylic acids is 1. The van der Waals surface area contributed by atoms with Gasteiger partial charge in [-0.15, -0.1) is 0 Å². The summed E-state index contributed by atoms with van der Waals surface area (Å²) in [6.07, 6.45) is 1.73. The van der Waals surface area contributed by atoms with Gasteiger partial charge in [0.25, 0.3) is 0 Å². The molecule has 0 aliphatic heterocycles. The van der Waals surface area contributed by atoms with E-state index in [2.05, 4.69) is 10.2 Å². The predicted octanol–water partition coefficient (Wildman–Crippen LogP) is -3.46. The quantitative estimate of drug-likeness (QED) is 0.175. The first-order valence-electron chi connectivity index (χ1n) is 4.23. The van der Waals surface area contributed by atoms with Gasteiger partial charge in [0, 0.05) is 0 Å². The summed E-state index contributed by atoms with van der Waals surface area (Å²) >= 11 is 1.000. The van der Waals surface area contributed by atoms with Crippen molar-refractivity contribution in [2.75, 3.05) is 10.2 Å². The van der Waals surface area contributed by atoms with Crippen LogP contribution >= 0.6 is 11.8 Å². The number of primary amides is 1. The van der Waals surface area contributed by atoms with Crippen molar-refractivity contribution in [1.29, 1.82) is 0 Å². The molecule has 0 aliphatic carbocycles. The molecule has 0 fully saturated rings. The Morgan fingerprint density at radius 2 is 2.33 bits per heavy atom. The van der Waals surface area contributed by atoms with Gasteiger partial charge < -0.3 is 0 Å². The summed E-state index contributed by atoms with van der Waals surface area (Å²) in [5, 5.41) is 8.03. The standard InChI is InChI=1S/C7H12IN4O2S/c9-5(13)4-15-7-12-11-6(14-7)2-1-3-8-10/h1-4,10H2,(H2,9,13)/q-1. The summed E-state index contributed by atoms with van der Waals surface area (Å²) in [7, 11) is 0. The summed E-state index contributed by atoms with van der Waals surface area (Å²) < 4.78 is 11.8. The molecule has 0 atom stereocenters. The van der Waals surface area contributed by atoms with Gasteiger partial charge in [-0.05, 0) is 0 Å². The Morgan fingerprint density at radius 3 is 3.00 bits per heavy atom. The van der Waals surface area contributed by atoms with E-state index in [-0.39, 0.29) is 27.2 Å². The fraction of sp³-hybridized carbons (Fsp3) is 0.571. The number of alkyl halides is 1. The number of amides is 1. The Labute approximate surface area is 102 Å². The molecule has 0 unspecified atom stereocenters. The maximum atomic E-state index is 10.5. The van der Waals surface area contributed by atoms with Gasteiger partial charge in [0.05, 0.1) is 0 Å². The average Bonchev–Trinajstić information content (AvgIpc) is 2.63. The molecule has 1 rings (SSSR count). The molecule has 0 spiro atoms. The third kappa shape index (κ3) is 5.33. The average molecular weight is 343 g/mol. The topological polar surface area (TPSA) is 108 Å². The van der Waals surface area contributed by atoms with Crippen molar-refractivity contribution in [2.45, 2.75) is 18.1 Å². The first-order valence-corrected chi connectivity index (χ1v) is 7.99. The Hall–Kier alpha value is -0.350. The zero-order chi connectivity index (χ0) is 11.1. The fourth-order valence-corrected chi connectivity index (χ4v) is 2.17. The molecule has 4 N–H and O–H groups in total. The molecule has 8 heteroatoms. The normalized spacial score (nSPS) is 10.7. The van der Waals surface area contributed by atoms with Crippen molar-refractivity contribution in [3.63, 3.8) is 0 Å². The van der Waals surface area contributed by atoms with Crippen LogP contribution in [0.4, 0.5) is 0 Å². The Bertz CT molecular complexity index is 320. The third-order valence-corrected chi connectivity index (χ3v) is 3.65. The van der Waals surface area contributed by atoms with Crippen LogP contribution in [0, 0.1) is 0 Å². The number of halogens is 1. The number of nitrogens with zero attached hydrogens (tertiary/aromatic N) is 2. The molecule has 86 valence electrons. The van der Waals surface area contributed by atoms with Crippen molar-refractivity contribution < 1.29 is 30.7 Å². The Morgan fingerprint density at radius 1 is 1.53 bits per heavy atom. The number of hydrogen-bond donors (Lipinski definition) is 2. The van der Waals surface area contributed by atoms with Gasteiger partial charge in [-0.25, -0.2) is 0 Å². The third-order valence-electron chi connectivity index (χ3n) is 1.42. The zero-order valence-electron chi connectivity index (χ0n) is 7.98. The summed E-state index contributed by atoms with van der Waals surface area (Å²) in [6.45, 7) is 0. The first-order chi connectivity index (χ1) is 7.22. The fourth-order valence-electron chi connectivity index (χ4n) is 0.826. The summed E-state index contributed by atoms with van der Waals surface area (Å²) in [5.41, 5.74) is 4.99. The molecule has 1 heterocycles. The Balaban J connectivity index is 2.32. The molecule has 1 aromatic heterocycles. The monoisotopic (exact) mass is 343 g/mol. The molecule has 0 aromatic carbocycles. The van der Waals surface area contributed by atoms with Crippen LogP contribution in [0.1, 0.15) is 12.3 Å². The molecule has 0 saturated heterocycles. The van der Waals surface area contributed by atoms with E-state index in [1.165, 1.54) is 0 Å². The summed E-state index contributed by atoms with van der Waals surface area (Å²) in [4.78, 5) is 10.5. The molecule has 0 radical (unpaired) electrons. The van der Waals surface area contributed by atoms with Crippen LogP contribution in [0.3, 0.4) is 0 Å². The van der Waals surface area contributed by atoms with E-state index in [4.69, 9.17) is 14.1 Å². The van der Waals surface area contributed by atoms with Gasteiger partial charge in [0.15, 0.2) is 0 Å². The van der Waals surface area contributed by atoms with Gasteiger partial charge in [0.1, 0.15) is 0 Å². The van der Waals surface area contributed by atoms with E-state index in [0.29, 0.717) is 11.1 Å². The van der Waals surface area contributed by atoms with Gasteiger partial charge in [-0.2, -0.15) is 0 Å². The van der Waals surface area contributed by atoms with E-state index < -0.39 is 5.91 Å². The van der Waals surface area contributed by atoms with Crippen LogP contribution in [0.25, 0.3) is 0 Å². The molecule has 15 heavy (non-hydrogen) atoms. The number of rotatable bonds is 7. The second-order valence-electron chi connectivity index (χ2n) is 2.66. The van der Waals surface area contributed by atoms with Gasteiger partial charge in [-0.1, -0.05) is 0 Å². The zero-order valence-corrected chi connectivity index (χ0v) is 11.0. The van der Waals surface area contributed by atoms with E-state index in [0.717, 1.165) is 29.0 Å². The van der Waals surface area contributed by atoms with Gasteiger partial charge in [-0.3, -0.25) is 0 Å². The number of hydrogen-bond acceptors (Lipinski definition) is 6. The second kappa shape index (κ2) is 7.01. The summed E-state index contributed by atoms with van der Waals surface area (Å²) in [5.74, 6) is 0.364. The van der Waals surface area contributed by atoms with Gasteiger partial charge in [0.2, 0.25) is 0 Å². The number of aromatic nitrogens is 2. The molecule has 6 nitrogen and oxygen atoms in total. The first kappa shape index (κ1) is 12.7. The maximum absolute atomic E-state index is 10.5. The van der Waals surface area contributed by atoms with E-state index in [1.807, 2.05) is 0 Å². The van der Waals surface area contributed by atoms with Crippen molar-refractivity contribution in [3.8, 4) is 0 Å². The van der Waals surface area contributed by atoms with Crippen LogP contribution in [-0.4, -0.2) is 26.3 Å². The predicted molar refractivity (Wildman–Crippen MR) is 51.6 cm³/mol. The number of thioether (sulfide) groups is 1. The van der Waals surface area contributed by atoms with Crippen molar-refractivity contribution in [1.82, 2.24) is 10.2 Å². The second-order valence-corrected chi connectivity index (χ2v) is 5.55. The van der Waals surface area contributed by atoms with Crippen LogP contribution in [0.2, 0.25) is 0 Å². The molecule has 0 aliphatic rings. The Kier molecular flexibility index (Phi) is 5.95. The van der Waals surface area contributed by atoms with Gasteiger partial charge >= 0.3 is 102 Å². The van der Waals surface area contributed by atoms with Crippen LogP contribution in [0.5, 0.6) is 0 Å². The molecular formula is C7H12IN4O2S-. The van der Waals surface area contributed by atoms with Crippen molar-refractivity contribution >= 4 is 17.7 Å². The van der Waals surface area contributed by atoms with E-state index >= 15 is 0 Å². The van der Waals surface area contributed by atoms with Crippen LogP contribution < -0.4 is 31.2 Å². The van der Waals surface area contributed by atoms with Crippen LogP contribution in [0.15, 0.2) is 9.64 Å². The van der Waals surface area contributed by atoms with E-state index in [1.54, 1.807) is 0 Å². The molecule has 1 amide bonds. The summed E-state index contributed by atoms with van der Waals surface area (Å²) in [6, 6.07) is 0. The molecule has 0 bridgehead atoms. The number of nitrogens with two attached hydrogens (primary N) is 2. The molecule has 0 saturated carbocycles. The molecule has 1 aromatic rings. The number of carbonyl (C=O) groups is 1. The van der Waals surface area contributed by atoms with Crippen molar-refractivity contribution in [3.05, 3.63) is 5.89 Å². The molecular weight excluding hydrogens is 331 g/mol. The minimum absolute atomic E-state index is 0.156.